The maximum absolute atomic E-state index is 12.1. The predicted octanol–water partition coefficient (Wildman–Crippen LogP) is 2.76. The van der Waals surface area contributed by atoms with E-state index in [1.165, 1.54) is 0 Å². The number of hydrogen-bond donors (Lipinski definition) is 1. The van der Waals surface area contributed by atoms with Crippen LogP contribution in [0.5, 0.6) is 5.75 Å². The molecule has 0 spiro atoms. The van der Waals surface area contributed by atoms with Gasteiger partial charge in [-0.3, -0.25) is 4.79 Å². The Morgan fingerprint density at radius 1 is 1.14 bits per heavy atom. The summed E-state index contributed by atoms with van der Waals surface area (Å²) in [5.74, 6) is 0.572. The largest absolute Gasteiger partial charge is 0.480 e. The highest BCUT2D eigenvalue weighted by molar-refractivity contribution is 5.89. The monoisotopic (exact) mass is 287 g/mol. The van der Waals surface area contributed by atoms with E-state index in [0.29, 0.717) is 6.61 Å². The fourth-order valence-electron chi connectivity index (χ4n) is 2.19. The first-order valence-corrected chi connectivity index (χ1v) is 7.05. The number of benzene rings is 2. The fourth-order valence-corrected chi connectivity index (χ4v) is 2.19. The zero-order chi connectivity index (χ0) is 15.2. The first kappa shape index (κ1) is 15.3. The summed E-state index contributed by atoms with van der Waals surface area (Å²) < 4.78 is 10.8. The van der Waals surface area contributed by atoms with Gasteiger partial charge in [-0.05, 0) is 25.3 Å². The highest BCUT2D eigenvalue weighted by Crippen LogP contribution is 2.25. The third kappa shape index (κ3) is 3.95. The number of amides is 1. The Balaban J connectivity index is 2.07. The maximum Gasteiger partial charge on any atom is 0.261 e. The summed E-state index contributed by atoms with van der Waals surface area (Å²) >= 11 is 0. The number of methoxy groups -OCH3 is 1. The van der Waals surface area contributed by atoms with E-state index in [-0.39, 0.29) is 11.9 Å². The molecule has 0 radical (unpaired) electrons. The van der Waals surface area contributed by atoms with E-state index < -0.39 is 6.10 Å². The summed E-state index contributed by atoms with van der Waals surface area (Å²) in [7, 11) is 1.61. The van der Waals surface area contributed by atoms with Gasteiger partial charge in [-0.25, -0.2) is 0 Å². The number of fused-ring (bicyclic) bond motifs is 1. The first-order valence-electron chi connectivity index (χ1n) is 7.05. The van der Waals surface area contributed by atoms with Crippen LogP contribution in [0.3, 0.4) is 0 Å². The smallest absolute Gasteiger partial charge is 0.261 e. The van der Waals surface area contributed by atoms with Crippen molar-refractivity contribution >= 4 is 16.7 Å². The Hall–Kier alpha value is -2.07. The predicted molar refractivity (Wildman–Crippen MR) is 83.5 cm³/mol. The van der Waals surface area contributed by atoms with Gasteiger partial charge in [-0.2, -0.15) is 0 Å². The molecule has 1 N–H and O–H groups in total. The van der Waals surface area contributed by atoms with E-state index in [0.717, 1.165) is 16.5 Å². The second kappa shape index (κ2) is 7.09. The molecule has 0 bridgehead atoms. The fraction of sp³-hybridized carbons (Fsp3) is 0.353. The molecule has 0 saturated carbocycles. The molecular weight excluding hydrogens is 266 g/mol. The maximum atomic E-state index is 12.1. The van der Waals surface area contributed by atoms with Gasteiger partial charge in [0.2, 0.25) is 0 Å². The van der Waals surface area contributed by atoms with Gasteiger partial charge in [0.15, 0.2) is 6.10 Å². The lowest BCUT2D eigenvalue weighted by Crippen LogP contribution is -2.43. The summed E-state index contributed by atoms with van der Waals surface area (Å²) in [5.41, 5.74) is 0. The molecular formula is C17H21NO3. The van der Waals surface area contributed by atoms with Crippen molar-refractivity contribution < 1.29 is 14.3 Å². The second-order valence-corrected chi connectivity index (χ2v) is 5.10. The van der Waals surface area contributed by atoms with Crippen molar-refractivity contribution in [2.45, 2.75) is 26.0 Å². The van der Waals surface area contributed by atoms with E-state index in [2.05, 4.69) is 5.32 Å². The van der Waals surface area contributed by atoms with Crippen LogP contribution in [-0.4, -0.2) is 31.8 Å². The Bertz CT molecular complexity index is 607. The lowest BCUT2D eigenvalue weighted by atomic mass is 10.1. The minimum Gasteiger partial charge on any atom is -0.480 e. The van der Waals surface area contributed by atoms with Crippen molar-refractivity contribution in [1.29, 1.82) is 0 Å². The molecule has 0 aliphatic carbocycles. The van der Waals surface area contributed by atoms with Crippen LogP contribution in [0.25, 0.3) is 10.8 Å². The number of carbonyl (C=O) groups excluding carboxylic acids is 1. The molecule has 21 heavy (non-hydrogen) atoms. The molecule has 0 aromatic heterocycles. The molecule has 4 heteroatoms. The van der Waals surface area contributed by atoms with Crippen LogP contribution < -0.4 is 10.1 Å². The van der Waals surface area contributed by atoms with Gasteiger partial charge >= 0.3 is 0 Å². The van der Waals surface area contributed by atoms with Crippen molar-refractivity contribution in [3.63, 3.8) is 0 Å². The van der Waals surface area contributed by atoms with Crippen LogP contribution in [0, 0.1) is 0 Å². The first-order chi connectivity index (χ1) is 10.1. The third-order valence-electron chi connectivity index (χ3n) is 3.23. The minimum atomic E-state index is -0.560. The molecule has 2 rings (SSSR count). The number of hydrogen-bond acceptors (Lipinski definition) is 3. The van der Waals surface area contributed by atoms with E-state index in [1.807, 2.05) is 49.4 Å². The average molecular weight is 287 g/mol. The van der Waals surface area contributed by atoms with Crippen molar-refractivity contribution in [2.75, 3.05) is 13.7 Å². The van der Waals surface area contributed by atoms with Crippen LogP contribution in [-0.2, 0) is 9.53 Å². The van der Waals surface area contributed by atoms with Gasteiger partial charge in [0.1, 0.15) is 5.75 Å². The quantitative estimate of drug-likeness (QED) is 0.888. The Labute approximate surface area is 125 Å². The van der Waals surface area contributed by atoms with Gasteiger partial charge in [0, 0.05) is 18.5 Å². The highest BCUT2D eigenvalue weighted by atomic mass is 16.5. The van der Waals surface area contributed by atoms with Gasteiger partial charge < -0.3 is 14.8 Å². The van der Waals surface area contributed by atoms with Crippen molar-refractivity contribution in [1.82, 2.24) is 5.32 Å². The average Bonchev–Trinajstić information content (AvgIpc) is 2.47. The molecule has 0 fully saturated rings. The van der Waals surface area contributed by atoms with Crippen LogP contribution in [0.2, 0.25) is 0 Å². The van der Waals surface area contributed by atoms with Gasteiger partial charge in [-0.15, -0.1) is 0 Å². The summed E-state index contributed by atoms with van der Waals surface area (Å²) in [6, 6.07) is 13.7. The molecule has 0 unspecified atom stereocenters. The standard InChI is InChI=1S/C17H21NO3/c1-12(11-20-3)18-17(19)13(2)21-16-10-6-8-14-7-4-5-9-15(14)16/h4-10,12-13H,11H2,1-3H3,(H,18,19)/t12-,13+/m0/s1. The molecule has 0 heterocycles. The molecule has 1 amide bonds. The number of nitrogens with one attached hydrogen (secondary N) is 1. The summed E-state index contributed by atoms with van der Waals surface area (Å²) in [6.45, 7) is 4.12. The zero-order valence-corrected chi connectivity index (χ0v) is 12.6. The van der Waals surface area contributed by atoms with E-state index in [4.69, 9.17) is 9.47 Å². The van der Waals surface area contributed by atoms with Gasteiger partial charge in [0.25, 0.3) is 5.91 Å². The number of carbonyl (C=O) groups is 1. The van der Waals surface area contributed by atoms with Crippen LogP contribution >= 0.6 is 0 Å². The number of rotatable bonds is 6. The van der Waals surface area contributed by atoms with Crippen molar-refractivity contribution in [3.05, 3.63) is 42.5 Å². The zero-order valence-electron chi connectivity index (χ0n) is 12.6. The Kier molecular flexibility index (Phi) is 5.17. The summed E-state index contributed by atoms with van der Waals surface area (Å²) in [6.07, 6.45) is -0.560. The van der Waals surface area contributed by atoms with Crippen LogP contribution in [0.4, 0.5) is 0 Å². The van der Waals surface area contributed by atoms with Crippen LogP contribution in [0.1, 0.15) is 13.8 Å². The summed E-state index contributed by atoms with van der Waals surface area (Å²) in [5, 5.41) is 4.96. The van der Waals surface area contributed by atoms with Gasteiger partial charge in [0.05, 0.1) is 6.61 Å². The molecule has 2 atom stereocenters. The molecule has 2 aromatic rings. The lowest BCUT2D eigenvalue weighted by molar-refractivity contribution is -0.128. The van der Waals surface area contributed by atoms with E-state index in [1.54, 1.807) is 14.0 Å². The molecule has 4 nitrogen and oxygen atoms in total. The highest BCUT2D eigenvalue weighted by Gasteiger charge is 2.17. The van der Waals surface area contributed by atoms with Crippen molar-refractivity contribution in [2.24, 2.45) is 0 Å². The van der Waals surface area contributed by atoms with Crippen LogP contribution in [0.15, 0.2) is 42.5 Å². The van der Waals surface area contributed by atoms with E-state index >= 15 is 0 Å². The minimum absolute atomic E-state index is 0.0407. The SMILES string of the molecule is COC[C@H](C)NC(=O)[C@@H](C)Oc1cccc2ccccc12. The Morgan fingerprint density at radius 2 is 1.86 bits per heavy atom. The number of ether oxygens (including phenoxy) is 2. The van der Waals surface area contributed by atoms with E-state index in [9.17, 15) is 4.79 Å². The normalized spacial score (nSPS) is 13.7. The summed E-state index contributed by atoms with van der Waals surface area (Å²) in [4.78, 5) is 12.1. The molecule has 2 aromatic carbocycles. The molecule has 0 aliphatic heterocycles. The Morgan fingerprint density at radius 3 is 2.62 bits per heavy atom. The lowest BCUT2D eigenvalue weighted by Gasteiger charge is -2.19. The van der Waals surface area contributed by atoms with Crippen molar-refractivity contribution in [3.8, 4) is 5.75 Å². The molecule has 0 aliphatic rings. The molecule has 0 saturated heterocycles. The third-order valence-corrected chi connectivity index (χ3v) is 3.23. The van der Waals surface area contributed by atoms with Gasteiger partial charge in [-0.1, -0.05) is 36.4 Å². The molecule has 112 valence electrons. The topological polar surface area (TPSA) is 47.6 Å². The second-order valence-electron chi connectivity index (χ2n) is 5.10.